The Hall–Kier alpha value is -4.44. The smallest absolute Gasteiger partial charge is 0.323 e. The molecule has 216 valence electrons. The molecule has 4 aromatic rings. The fourth-order valence-corrected chi connectivity index (χ4v) is 5.02. The molecule has 0 aliphatic carbocycles. The van der Waals surface area contributed by atoms with Crippen LogP contribution >= 0.6 is 11.6 Å². The summed E-state index contributed by atoms with van der Waals surface area (Å²) in [4.78, 5) is 27.1. The van der Waals surface area contributed by atoms with Gasteiger partial charge in [-0.1, -0.05) is 41.9 Å². The van der Waals surface area contributed by atoms with Gasteiger partial charge in [0.05, 0.1) is 24.8 Å². The molecule has 8 nitrogen and oxygen atoms in total. The first-order valence-corrected chi connectivity index (χ1v) is 13.8. The van der Waals surface area contributed by atoms with Gasteiger partial charge in [0.15, 0.2) is 0 Å². The van der Waals surface area contributed by atoms with Gasteiger partial charge in [-0.2, -0.15) is 0 Å². The quantitative estimate of drug-likeness (QED) is 0.213. The summed E-state index contributed by atoms with van der Waals surface area (Å²) in [5.41, 5.74) is 3.02. The molecule has 1 heterocycles. The van der Waals surface area contributed by atoms with E-state index in [1.807, 2.05) is 24.3 Å². The van der Waals surface area contributed by atoms with E-state index >= 15 is 0 Å². The second-order valence-corrected chi connectivity index (χ2v) is 10.0. The first kappa shape index (κ1) is 29.1. The molecule has 1 unspecified atom stereocenters. The monoisotopic (exact) mass is 588 g/mol. The van der Waals surface area contributed by atoms with E-state index in [4.69, 9.17) is 21.1 Å². The molecular formula is C32H30ClFN4O4. The predicted molar refractivity (Wildman–Crippen MR) is 161 cm³/mol. The number of hydrogen-bond donors (Lipinski definition) is 3. The molecule has 0 bridgehead atoms. The van der Waals surface area contributed by atoms with Gasteiger partial charge in [0.1, 0.15) is 17.3 Å². The van der Waals surface area contributed by atoms with Crippen molar-refractivity contribution in [3.63, 3.8) is 0 Å². The number of nitrogens with one attached hydrogen (secondary N) is 3. The Morgan fingerprint density at radius 1 is 0.881 bits per heavy atom. The number of carbonyl (C=O) groups is 2. The number of halogens is 2. The normalized spacial score (nSPS) is 14.1. The third kappa shape index (κ3) is 7.06. The number of benzene rings is 4. The van der Waals surface area contributed by atoms with E-state index < -0.39 is 17.8 Å². The summed E-state index contributed by atoms with van der Waals surface area (Å²) in [5.74, 6) is -0.435. The molecule has 42 heavy (non-hydrogen) atoms. The summed E-state index contributed by atoms with van der Waals surface area (Å²) in [6.07, 6.45) is 0. The van der Waals surface area contributed by atoms with Crippen molar-refractivity contribution < 1.29 is 23.5 Å². The van der Waals surface area contributed by atoms with Crippen LogP contribution in [0.1, 0.15) is 27.5 Å². The van der Waals surface area contributed by atoms with Crippen molar-refractivity contribution in [2.45, 2.75) is 6.04 Å². The van der Waals surface area contributed by atoms with E-state index in [2.05, 4.69) is 33.0 Å². The Kier molecular flexibility index (Phi) is 9.33. The average Bonchev–Trinajstić information content (AvgIpc) is 3.01. The highest BCUT2D eigenvalue weighted by Gasteiger charge is 2.26. The molecule has 1 saturated heterocycles. The van der Waals surface area contributed by atoms with E-state index in [9.17, 15) is 14.0 Å². The molecule has 1 aliphatic rings. The van der Waals surface area contributed by atoms with E-state index in [1.54, 1.807) is 36.4 Å². The molecule has 5 rings (SSSR count). The molecule has 0 radical (unpaired) electrons. The highest BCUT2D eigenvalue weighted by molar-refractivity contribution is 6.31. The summed E-state index contributed by atoms with van der Waals surface area (Å²) in [6.45, 7) is 2.83. The van der Waals surface area contributed by atoms with E-state index in [-0.39, 0.29) is 11.6 Å². The molecule has 0 saturated carbocycles. The zero-order valence-electron chi connectivity index (χ0n) is 22.9. The molecule has 4 aromatic carbocycles. The molecule has 3 N–H and O–H groups in total. The highest BCUT2D eigenvalue weighted by atomic mass is 35.5. The Bertz CT molecular complexity index is 1550. The van der Waals surface area contributed by atoms with Gasteiger partial charge >= 0.3 is 6.03 Å². The van der Waals surface area contributed by atoms with Crippen LogP contribution in [0.4, 0.5) is 20.6 Å². The second-order valence-electron chi connectivity index (χ2n) is 9.62. The summed E-state index contributed by atoms with van der Waals surface area (Å²) in [5, 5.41) is 8.71. The number of hydrogen-bond acceptors (Lipinski definition) is 5. The molecule has 3 amide bonds. The SMILES string of the molecule is CNC(=O)c1cc(Oc2ccc(NC(=O)Nc3ccc(Cl)c(C(c4ccccc4)N4CCOCC4)c3)cc2)ccc1F. The number of nitrogens with zero attached hydrogens (tertiary/aromatic N) is 1. The van der Waals surface area contributed by atoms with E-state index in [1.165, 1.54) is 25.2 Å². The van der Waals surface area contributed by atoms with Crippen molar-refractivity contribution in [3.05, 3.63) is 119 Å². The highest BCUT2D eigenvalue weighted by Crippen LogP contribution is 2.35. The first-order chi connectivity index (χ1) is 20.4. The number of morpholine rings is 1. The van der Waals surface area contributed by atoms with Crippen LogP contribution in [0.25, 0.3) is 0 Å². The minimum Gasteiger partial charge on any atom is -0.457 e. The Morgan fingerprint density at radius 2 is 1.55 bits per heavy atom. The number of rotatable bonds is 8. The Labute approximate surface area is 248 Å². The minimum absolute atomic E-state index is 0.0894. The van der Waals surface area contributed by atoms with Gasteiger partial charge in [0.25, 0.3) is 5.91 Å². The fourth-order valence-electron chi connectivity index (χ4n) is 4.80. The van der Waals surface area contributed by atoms with Gasteiger partial charge in [-0.15, -0.1) is 0 Å². The van der Waals surface area contributed by atoms with Crippen molar-refractivity contribution >= 4 is 34.9 Å². The van der Waals surface area contributed by atoms with Crippen LogP contribution < -0.4 is 20.7 Å². The van der Waals surface area contributed by atoms with Crippen LogP contribution in [0.2, 0.25) is 5.02 Å². The molecule has 1 fully saturated rings. The molecule has 1 aliphatic heterocycles. The van der Waals surface area contributed by atoms with Gasteiger partial charge in [-0.3, -0.25) is 9.69 Å². The third-order valence-corrected chi connectivity index (χ3v) is 7.18. The maximum absolute atomic E-state index is 13.9. The average molecular weight is 589 g/mol. The van der Waals surface area contributed by atoms with Crippen LogP contribution in [-0.2, 0) is 4.74 Å². The molecule has 1 atom stereocenters. The fraction of sp³-hybridized carbons (Fsp3) is 0.188. The van der Waals surface area contributed by atoms with Gasteiger partial charge in [-0.05, 0) is 71.8 Å². The Balaban J connectivity index is 1.26. The topological polar surface area (TPSA) is 91.9 Å². The number of amides is 3. The van der Waals surface area contributed by atoms with Crippen molar-refractivity contribution in [1.29, 1.82) is 0 Å². The third-order valence-electron chi connectivity index (χ3n) is 6.83. The van der Waals surface area contributed by atoms with Crippen LogP contribution in [0.3, 0.4) is 0 Å². The van der Waals surface area contributed by atoms with Crippen LogP contribution in [0.15, 0.2) is 91.0 Å². The van der Waals surface area contributed by atoms with Crippen LogP contribution in [-0.4, -0.2) is 50.2 Å². The van der Waals surface area contributed by atoms with Crippen molar-refractivity contribution in [3.8, 4) is 11.5 Å². The van der Waals surface area contributed by atoms with Crippen LogP contribution in [0.5, 0.6) is 11.5 Å². The zero-order chi connectivity index (χ0) is 29.5. The molecule has 0 spiro atoms. The van der Waals surface area contributed by atoms with Gasteiger partial charge in [0.2, 0.25) is 0 Å². The molecule has 0 aromatic heterocycles. The second kappa shape index (κ2) is 13.5. The molecule has 10 heteroatoms. The van der Waals surface area contributed by atoms with Crippen molar-refractivity contribution in [1.82, 2.24) is 10.2 Å². The summed E-state index contributed by atoms with van der Waals surface area (Å²) >= 11 is 6.70. The minimum atomic E-state index is -0.642. The Morgan fingerprint density at radius 3 is 2.26 bits per heavy atom. The summed E-state index contributed by atoms with van der Waals surface area (Å²) in [6, 6.07) is 25.7. The molecular weight excluding hydrogens is 559 g/mol. The predicted octanol–water partition coefficient (Wildman–Crippen LogP) is 6.70. The van der Waals surface area contributed by atoms with Gasteiger partial charge in [-0.25, -0.2) is 9.18 Å². The van der Waals surface area contributed by atoms with Crippen molar-refractivity contribution in [2.75, 3.05) is 44.0 Å². The number of urea groups is 1. The van der Waals surface area contributed by atoms with E-state index in [0.29, 0.717) is 41.1 Å². The lowest BCUT2D eigenvalue weighted by Gasteiger charge is -2.35. The standard InChI is InChI=1S/C32H30ClFN4O4/c1-35-31(39)27-20-25(12-14-29(27)34)42-24-10-7-22(8-11-24)36-32(40)37-23-9-13-28(33)26(19-23)30(21-5-3-2-4-6-21)38-15-17-41-18-16-38/h2-14,19-20,30H,15-18H2,1H3,(H,35,39)(H2,36,37,40). The lowest BCUT2D eigenvalue weighted by Crippen LogP contribution is -2.39. The summed E-state index contributed by atoms with van der Waals surface area (Å²) < 4.78 is 25.3. The number of anilines is 2. The maximum Gasteiger partial charge on any atom is 0.323 e. The van der Waals surface area contributed by atoms with Crippen molar-refractivity contribution in [2.24, 2.45) is 0 Å². The van der Waals surface area contributed by atoms with E-state index in [0.717, 1.165) is 24.2 Å². The number of ether oxygens (including phenoxy) is 2. The lowest BCUT2D eigenvalue weighted by atomic mass is 9.96. The maximum atomic E-state index is 13.9. The first-order valence-electron chi connectivity index (χ1n) is 13.4. The van der Waals surface area contributed by atoms with Gasteiger partial charge in [0, 0.05) is 36.5 Å². The van der Waals surface area contributed by atoms with Gasteiger partial charge < -0.3 is 25.4 Å². The lowest BCUT2D eigenvalue weighted by molar-refractivity contribution is 0.0240. The largest absolute Gasteiger partial charge is 0.457 e. The zero-order valence-corrected chi connectivity index (χ0v) is 23.7. The number of carbonyl (C=O) groups excluding carboxylic acids is 2. The van der Waals surface area contributed by atoms with Crippen LogP contribution in [0, 0.1) is 5.82 Å². The summed E-state index contributed by atoms with van der Waals surface area (Å²) in [7, 11) is 1.43.